The van der Waals surface area contributed by atoms with E-state index in [1.54, 1.807) is 41.2 Å². The Hall–Kier alpha value is -3.03. The molecule has 0 spiro atoms. The molecule has 0 aliphatic rings. The van der Waals surface area contributed by atoms with Crippen molar-refractivity contribution in [3.63, 3.8) is 0 Å². The van der Waals surface area contributed by atoms with Gasteiger partial charge in [0.15, 0.2) is 11.5 Å². The van der Waals surface area contributed by atoms with Crippen molar-refractivity contribution < 1.29 is 23.8 Å². The first-order chi connectivity index (χ1) is 12.9. The maximum Gasteiger partial charge on any atom is 0.343 e. The first-order valence-electron chi connectivity index (χ1n) is 8.62. The van der Waals surface area contributed by atoms with Gasteiger partial charge in [-0.05, 0) is 38.0 Å². The standard InChI is InChI=1S/C19H25N3O5/c1-6-27-19(24)17-12(2)21-22(3)18(17)20-16(23)10-8-13-7-9-14(25-4)15(11-13)26-5/h7,9,11H,6,8,10H2,1-5H3,(H,20,23). The Labute approximate surface area is 158 Å². The smallest absolute Gasteiger partial charge is 0.343 e. The van der Waals surface area contributed by atoms with Gasteiger partial charge in [-0.15, -0.1) is 0 Å². The summed E-state index contributed by atoms with van der Waals surface area (Å²) in [5.41, 5.74) is 1.72. The molecular weight excluding hydrogens is 350 g/mol. The van der Waals surface area contributed by atoms with Gasteiger partial charge in [-0.1, -0.05) is 6.07 Å². The van der Waals surface area contributed by atoms with Crippen molar-refractivity contribution in [2.45, 2.75) is 26.7 Å². The highest BCUT2D eigenvalue weighted by molar-refractivity contribution is 6.01. The average Bonchev–Trinajstić information content (AvgIpc) is 2.93. The number of nitrogens with one attached hydrogen (secondary N) is 1. The van der Waals surface area contributed by atoms with Crippen molar-refractivity contribution >= 4 is 17.7 Å². The second-order valence-electron chi connectivity index (χ2n) is 5.89. The quantitative estimate of drug-likeness (QED) is 0.713. The minimum Gasteiger partial charge on any atom is -0.493 e. The Kier molecular flexibility index (Phi) is 6.81. The molecule has 0 aliphatic heterocycles. The molecule has 1 amide bonds. The van der Waals surface area contributed by atoms with E-state index in [4.69, 9.17) is 14.2 Å². The van der Waals surface area contributed by atoms with Gasteiger partial charge in [0.1, 0.15) is 11.4 Å². The first-order valence-corrected chi connectivity index (χ1v) is 8.62. The molecule has 27 heavy (non-hydrogen) atoms. The molecule has 8 nitrogen and oxygen atoms in total. The molecule has 1 N–H and O–H groups in total. The molecule has 0 unspecified atom stereocenters. The minimum atomic E-state index is -0.502. The van der Waals surface area contributed by atoms with E-state index < -0.39 is 5.97 Å². The summed E-state index contributed by atoms with van der Waals surface area (Å²) < 4.78 is 17.0. The van der Waals surface area contributed by atoms with Gasteiger partial charge in [0.05, 0.1) is 26.5 Å². The number of carbonyl (C=O) groups is 2. The van der Waals surface area contributed by atoms with Gasteiger partial charge in [-0.25, -0.2) is 4.79 Å². The zero-order valence-electron chi connectivity index (χ0n) is 16.3. The topological polar surface area (TPSA) is 91.7 Å². The van der Waals surface area contributed by atoms with Crippen LogP contribution in [0, 0.1) is 6.92 Å². The second-order valence-corrected chi connectivity index (χ2v) is 5.89. The Morgan fingerprint density at radius 3 is 2.52 bits per heavy atom. The summed E-state index contributed by atoms with van der Waals surface area (Å²) in [4.78, 5) is 24.5. The maximum absolute atomic E-state index is 12.4. The summed E-state index contributed by atoms with van der Waals surface area (Å²) in [5, 5.41) is 6.96. The molecule has 146 valence electrons. The van der Waals surface area contributed by atoms with Crippen molar-refractivity contribution in [1.29, 1.82) is 0 Å². The number of ether oxygens (including phenoxy) is 3. The fraction of sp³-hybridized carbons (Fsp3) is 0.421. The normalized spacial score (nSPS) is 10.4. The molecule has 1 heterocycles. The lowest BCUT2D eigenvalue weighted by molar-refractivity contribution is -0.116. The summed E-state index contributed by atoms with van der Waals surface area (Å²) >= 11 is 0. The van der Waals surface area contributed by atoms with Crippen molar-refractivity contribution in [3.05, 3.63) is 35.0 Å². The third kappa shape index (κ3) is 4.78. The van der Waals surface area contributed by atoms with Crippen LogP contribution < -0.4 is 14.8 Å². The molecule has 2 aromatic rings. The monoisotopic (exact) mass is 375 g/mol. The van der Waals surface area contributed by atoms with Crippen LogP contribution >= 0.6 is 0 Å². The summed E-state index contributed by atoms with van der Waals surface area (Å²) in [7, 11) is 4.80. The van der Waals surface area contributed by atoms with Crippen LogP contribution in [0.4, 0.5) is 5.82 Å². The minimum absolute atomic E-state index is 0.224. The summed E-state index contributed by atoms with van der Waals surface area (Å²) in [6.45, 7) is 3.68. The molecule has 0 aliphatic carbocycles. The van der Waals surface area contributed by atoms with E-state index in [1.165, 1.54) is 4.68 Å². The van der Waals surface area contributed by atoms with E-state index in [2.05, 4.69) is 10.4 Å². The maximum atomic E-state index is 12.4. The Morgan fingerprint density at radius 1 is 1.19 bits per heavy atom. The molecule has 2 rings (SSSR count). The number of hydrogen-bond acceptors (Lipinski definition) is 6. The second kappa shape index (κ2) is 9.07. The van der Waals surface area contributed by atoms with Gasteiger partial charge < -0.3 is 19.5 Å². The highest BCUT2D eigenvalue weighted by atomic mass is 16.5. The van der Waals surface area contributed by atoms with Gasteiger partial charge in [0.2, 0.25) is 5.91 Å². The van der Waals surface area contributed by atoms with Crippen molar-refractivity contribution in [1.82, 2.24) is 9.78 Å². The molecule has 0 saturated heterocycles. The predicted octanol–water partition coefficient (Wildman–Crippen LogP) is 2.49. The van der Waals surface area contributed by atoms with Gasteiger partial charge in [-0.3, -0.25) is 9.48 Å². The van der Waals surface area contributed by atoms with Crippen LogP contribution in [0.3, 0.4) is 0 Å². The number of benzene rings is 1. The zero-order chi connectivity index (χ0) is 20.0. The van der Waals surface area contributed by atoms with Crippen LogP contribution in [0.5, 0.6) is 11.5 Å². The summed E-state index contributed by atoms with van der Waals surface area (Å²) in [6, 6.07) is 5.52. The van der Waals surface area contributed by atoms with Crippen LogP contribution in [0.15, 0.2) is 18.2 Å². The number of amides is 1. The largest absolute Gasteiger partial charge is 0.493 e. The Balaban J connectivity index is 2.07. The third-order valence-corrected chi connectivity index (χ3v) is 4.05. The number of methoxy groups -OCH3 is 2. The number of nitrogens with zero attached hydrogens (tertiary/aromatic N) is 2. The fourth-order valence-electron chi connectivity index (χ4n) is 2.74. The lowest BCUT2D eigenvalue weighted by Gasteiger charge is -2.10. The van der Waals surface area contributed by atoms with E-state index in [0.29, 0.717) is 29.4 Å². The number of anilines is 1. The van der Waals surface area contributed by atoms with Gasteiger partial charge in [0.25, 0.3) is 0 Å². The van der Waals surface area contributed by atoms with Crippen LogP contribution in [-0.2, 0) is 23.0 Å². The molecule has 8 heteroatoms. The van der Waals surface area contributed by atoms with Crippen LogP contribution in [0.25, 0.3) is 0 Å². The highest BCUT2D eigenvalue weighted by Gasteiger charge is 2.22. The number of aryl methyl sites for hydroxylation is 3. The SMILES string of the molecule is CCOC(=O)c1c(C)nn(C)c1NC(=O)CCc1ccc(OC)c(OC)c1. The number of rotatable bonds is 8. The molecule has 0 saturated carbocycles. The van der Waals surface area contributed by atoms with E-state index in [1.807, 2.05) is 12.1 Å². The van der Waals surface area contributed by atoms with E-state index in [9.17, 15) is 9.59 Å². The summed E-state index contributed by atoms with van der Waals surface area (Å²) in [5.74, 6) is 0.859. The van der Waals surface area contributed by atoms with Crippen molar-refractivity contribution in [2.24, 2.45) is 7.05 Å². The lowest BCUT2D eigenvalue weighted by Crippen LogP contribution is -2.18. The third-order valence-electron chi connectivity index (χ3n) is 4.05. The molecule has 0 fully saturated rings. The van der Waals surface area contributed by atoms with Gasteiger partial charge >= 0.3 is 5.97 Å². The van der Waals surface area contributed by atoms with Crippen molar-refractivity contribution in [3.8, 4) is 11.5 Å². The van der Waals surface area contributed by atoms with Gasteiger partial charge in [0, 0.05) is 13.5 Å². The predicted molar refractivity (Wildman–Crippen MR) is 100 cm³/mol. The zero-order valence-corrected chi connectivity index (χ0v) is 16.3. The molecule has 1 aromatic carbocycles. The van der Waals surface area contributed by atoms with Crippen molar-refractivity contribution in [2.75, 3.05) is 26.1 Å². The number of hydrogen-bond donors (Lipinski definition) is 1. The van der Waals surface area contributed by atoms with Crippen LogP contribution in [0.1, 0.15) is 35.0 Å². The molecule has 0 bridgehead atoms. The Morgan fingerprint density at radius 2 is 1.89 bits per heavy atom. The molecule has 0 radical (unpaired) electrons. The highest BCUT2D eigenvalue weighted by Crippen LogP contribution is 2.28. The molecule has 1 aromatic heterocycles. The average molecular weight is 375 g/mol. The van der Waals surface area contributed by atoms with Crippen LogP contribution in [0.2, 0.25) is 0 Å². The van der Waals surface area contributed by atoms with Gasteiger partial charge in [-0.2, -0.15) is 5.10 Å². The molecular formula is C19H25N3O5. The molecule has 0 atom stereocenters. The van der Waals surface area contributed by atoms with Crippen LogP contribution in [-0.4, -0.2) is 42.5 Å². The number of esters is 1. The number of aromatic nitrogens is 2. The van der Waals surface area contributed by atoms with E-state index in [-0.39, 0.29) is 24.5 Å². The Bertz CT molecular complexity index is 829. The first kappa shape index (κ1) is 20.3. The van der Waals surface area contributed by atoms with E-state index in [0.717, 1.165) is 5.56 Å². The number of carbonyl (C=O) groups excluding carboxylic acids is 2. The fourth-order valence-corrected chi connectivity index (χ4v) is 2.74. The summed E-state index contributed by atoms with van der Waals surface area (Å²) in [6.07, 6.45) is 0.750. The lowest BCUT2D eigenvalue weighted by atomic mass is 10.1. The van der Waals surface area contributed by atoms with E-state index >= 15 is 0 Å².